The van der Waals surface area contributed by atoms with E-state index in [9.17, 15) is 9.59 Å². The molecule has 19 heavy (non-hydrogen) atoms. The highest BCUT2D eigenvalue weighted by atomic mass is 16.5. The van der Waals surface area contributed by atoms with Crippen molar-refractivity contribution >= 4 is 23.4 Å². The molecule has 100 valence electrons. The SMILES string of the molecule is CCOC(=O)C(C#N)=NNc1nc[nH]c1C(=O)NC. The normalized spacial score (nSPS) is 10.5. The molecule has 1 heterocycles. The van der Waals surface area contributed by atoms with Crippen LogP contribution in [0.15, 0.2) is 11.4 Å². The van der Waals surface area contributed by atoms with E-state index in [4.69, 9.17) is 5.26 Å². The van der Waals surface area contributed by atoms with Gasteiger partial charge in [-0.25, -0.2) is 9.78 Å². The van der Waals surface area contributed by atoms with Gasteiger partial charge in [0.1, 0.15) is 11.8 Å². The number of nitrogens with one attached hydrogen (secondary N) is 3. The summed E-state index contributed by atoms with van der Waals surface area (Å²) in [4.78, 5) is 29.1. The highest BCUT2D eigenvalue weighted by molar-refractivity contribution is 6.43. The third kappa shape index (κ3) is 3.53. The molecule has 9 nitrogen and oxygen atoms in total. The summed E-state index contributed by atoms with van der Waals surface area (Å²) in [6.45, 7) is 1.74. The lowest BCUT2D eigenvalue weighted by atomic mass is 10.4. The summed E-state index contributed by atoms with van der Waals surface area (Å²) in [5.74, 6) is -1.17. The first kappa shape index (κ1) is 14.2. The molecule has 1 rings (SSSR count). The van der Waals surface area contributed by atoms with Crippen LogP contribution in [-0.4, -0.2) is 41.2 Å². The number of hydrogen-bond acceptors (Lipinski definition) is 7. The first-order chi connectivity index (χ1) is 9.13. The van der Waals surface area contributed by atoms with Crippen molar-refractivity contribution in [1.29, 1.82) is 5.26 Å². The molecule has 0 aromatic carbocycles. The number of carbonyl (C=O) groups is 2. The highest BCUT2D eigenvalue weighted by Gasteiger charge is 2.15. The smallest absolute Gasteiger partial charge is 0.369 e. The van der Waals surface area contributed by atoms with Gasteiger partial charge in [0.2, 0.25) is 5.71 Å². The van der Waals surface area contributed by atoms with Crippen LogP contribution in [0.2, 0.25) is 0 Å². The van der Waals surface area contributed by atoms with Crippen molar-refractivity contribution in [3.05, 3.63) is 12.0 Å². The van der Waals surface area contributed by atoms with E-state index in [-0.39, 0.29) is 18.1 Å². The van der Waals surface area contributed by atoms with E-state index in [0.29, 0.717) is 0 Å². The minimum absolute atomic E-state index is 0.0939. The molecule has 0 aliphatic heterocycles. The summed E-state index contributed by atoms with van der Waals surface area (Å²) in [7, 11) is 1.45. The van der Waals surface area contributed by atoms with Gasteiger partial charge in [-0.15, -0.1) is 0 Å². The standard InChI is InChI=1S/C10H12N6O3/c1-3-19-10(18)6(4-11)15-16-8-7(9(17)12-2)13-5-14-8/h5,16H,3H2,1-2H3,(H,12,17)(H,13,14). The second-order valence-corrected chi connectivity index (χ2v) is 3.11. The second-order valence-electron chi connectivity index (χ2n) is 3.11. The number of aromatic nitrogens is 2. The first-order valence-electron chi connectivity index (χ1n) is 5.30. The number of nitriles is 1. The Morgan fingerprint density at radius 3 is 2.95 bits per heavy atom. The van der Waals surface area contributed by atoms with Crippen molar-refractivity contribution in [3.63, 3.8) is 0 Å². The molecule has 1 aromatic heterocycles. The number of carbonyl (C=O) groups excluding carboxylic acids is 2. The van der Waals surface area contributed by atoms with Gasteiger partial charge in [-0.3, -0.25) is 10.2 Å². The number of rotatable bonds is 5. The van der Waals surface area contributed by atoms with Crippen LogP contribution in [-0.2, 0) is 9.53 Å². The fraction of sp³-hybridized carbons (Fsp3) is 0.300. The average Bonchev–Trinajstić information content (AvgIpc) is 2.87. The molecule has 0 fully saturated rings. The second kappa shape index (κ2) is 6.75. The predicted molar refractivity (Wildman–Crippen MR) is 65.3 cm³/mol. The van der Waals surface area contributed by atoms with Gasteiger partial charge >= 0.3 is 5.97 Å². The number of H-pyrrole nitrogens is 1. The van der Waals surface area contributed by atoms with E-state index in [2.05, 4.69) is 30.5 Å². The number of anilines is 1. The number of amides is 1. The van der Waals surface area contributed by atoms with Crippen molar-refractivity contribution in [2.75, 3.05) is 19.1 Å². The minimum atomic E-state index is -0.852. The maximum atomic E-state index is 11.4. The Labute approximate surface area is 108 Å². The molecule has 0 aliphatic carbocycles. The van der Waals surface area contributed by atoms with Crippen LogP contribution in [0.25, 0.3) is 0 Å². The van der Waals surface area contributed by atoms with Gasteiger partial charge in [-0.1, -0.05) is 0 Å². The summed E-state index contributed by atoms with van der Waals surface area (Å²) in [6.07, 6.45) is 1.28. The number of hydrogen-bond donors (Lipinski definition) is 3. The lowest BCUT2D eigenvalue weighted by Gasteiger charge is -2.01. The number of ether oxygens (including phenoxy) is 1. The Balaban J connectivity index is 2.85. The van der Waals surface area contributed by atoms with Crippen LogP contribution in [0.5, 0.6) is 0 Å². The molecule has 0 atom stereocenters. The molecule has 0 saturated heterocycles. The molecule has 0 spiro atoms. The van der Waals surface area contributed by atoms with E-state index in [1.807, 2.05) is 0 Å². The van der Waals surface area contributed by atoms with Crippen LogP contribution in [0, 0.1) is 11.3 Å². The zero-order valence-corrected chi connectivity index (χ0v) is 10.4. The van der Waals surface area contributed by atoms with Gasteiger partial charge in [-0.05, 0) is 6.92 Å². The van der Waals surface area contributed by atoms with Gasteiger partial charge < -0.3 is 15.0 Å². The number of aromatic amines is 1. The summed E-state index contributed by atoms with van der Waals surface area (Å²) in [6, 6.07) is 1.59. The molecule has 9 heteroatoms. The van der Waals surface area contributed by atoms with Crippen LogP contribution < -0.4 is 10.7 Å². The van der Waals surface area contributed by atoms with E-state index in [1.165, 1.54) is 13.4 Å². The molecule has 1 amide bonds. The van der Waals surface area contributed by atoms with Gasteiger partial charge in [0.05, 0.1) is 12.9 Å². The summed E-state index contributed by atoms with van der Waals surface area (Å²) in [5.41, 5.74) is 2.03. The molecule has 0 saturated carbocycles. The molecule has 0 unspecified atom stereocenters. The molecule has 1 aromatic rings. The van der Waals surface area contributed by atoms with Crippen molar-refractivity contribution in [2.24, 2.45) is 5.10 Å². The van der Waals surface area contributed by atoms with E-state index < -0.39 is 17.6 Å². The third-order valence-corrected chi connectivity index (χ3v) is 1.94. The van der Waals surface area contributed by atoms with E-state index in [1.54, 1.807) is 13.0 Å². The Morgan fingerprint density at radius 2 is 2.37 bits per heavy atom. The van der Waals surface area contributed by atoms with Crippen molar-refractivity contribution in [3.8, 4) is 6.07 Å². The Morgan fingerprint density at radius 1 is 1.63 bits per heavy atom. The Kier molecular flexibility index (Phi) is 5.04. The van der Waals surface area contributed by atoms with E-state index in [0.717, 1.165) is 0 Å². The molecule has 0 radical (unpaired) electrons. The fourth-order valence-corrected chi connectivity index (χ4v) is 1.10. The molecular formula is C10H12N6O3. The van der Waals surface area contributed by atoms with Crippen molar-refractivity contribution in [2.45, 2.75) is 6.92 Å². The third-order valence-electron chi connectivity index (χ3n) is 1.94. The largest absolute Gasteiger partial charge is 0.461 e. The van der Waals surface area contributed by atoms with Crippen LogP contribution in [0.4, 0.5) is 5.82 Å². The van der Waals surface area contributed by atoms with Gasteiger partial charge in [0.15, 0.2) is 5.82 Å². The maximum absolute atomic E-state index is 11.4. The van der Waals surface area contributed by atoms with Crippen molar-refractivity contribution < 1.29 is 14.3 Å². The zero-order chi connectivity index (χ0) is 14.3. The minimum Gasteiger partial charge on any atom is -0.461 e. The van der Waals surface area contributed by atoms with E-state index >= 15 is 0 Å². The van der Waals surface area contributed by atoms with Crippen molar-refractivity contribution in [1.82, 2.24) is 15.3 Å². The monoisotopic (exact) mass is 264 g/mol. The lowest BCUT2D eigenvalue weighted by molar-refractivity contribution is -0.134. The Bertz CT molecular complexity index is 542. The Hall–Kier alpha value is -2.89. The topological polar surface area (TPSA) is 132 Å². The van der Waals surface area contributed by atoms with Crippen LogP contribution in [0.3, 0.4) is 0 Å². The molecule has 3 N–H and O–H groups in total. The lowest BCUT2D eigenvalue weighted by Crippen LogP contribution is -2.20. The predicted octanol–water partition coefficient (Wildman–Crippen LogP) is -0.376. The zero-order valence-electron chi connectivity index (χ0n) is 10.4. The summed E-state index contributed by atoms with van der Waals surface area (Å²) in [5, 5.41) is 14.7. The summed E-state index contributed by atoms with van der Waals surface area (Å²) < 4.78 is 4.62. The van der Waals surface area contributed by atoms with Crippen LogP contribution in [0.1, 0.15) is 17.4 Å². The molecule has 0 aliphatic rings. The van der Waals surface area contributed by atoms with Gasteiger partial charge in [0, 0.05) is 7.05 Å². The molecule has 0 bridgehead atoms. The van der Waals surface area contributed by atoms with Gasteiger partial charge in [-0.2, -0.15) is 10.4 Å². The highest BCUT2D eigenvalue weighted by Crippen LogP contribution is 2.08. The quantitative estimate of drug-likeness (QED) is 0.377. The number of imidazole rings is 1. The fourth-order valence-electron chi connectivity index (χ4n) is 1.10. The van der Waals surface area contributed by atoms with Gasteiger partial charge in [0.25, 0.3) is 5.91 Å². The van der Waals surface area contributed by atoms with Crippen LogP contribution >= 0.6 is 0 Å². The number of esters is 1. The number of nitrogens with zero attached hydrogens (tertiary/aromatic N) is 3. The first-order valence-corrected chi connectivity index (χ1v) is 5.30. The number of hydrazone groups is 1. The summed E-state index contributed by atoms with van der Waals surface area (Å²) >= 11 is 0. The maximum Gasteiger partial charge on any atom is 0.369 e. The molecular weight excluding hydrogens is 252 g/mol. The average molecular weight is 264 g/mol.